The number of thioether (sulfide) groups is 1. The van der Waals surface area contributed by atoms with Gasteiger partial charge >= 0.3 is 0 Å². The molecule has 12 heavy (non-hydrogen) atoms. The Morgan fingerprint density at radius 1 is 1.33 bits per heavy atom. The molecule has 1 aliphatic rings. The van der Waals surface area contributed by atoms with Crippen molar-refractivity contribution < 1.29 is 0 Å². The van der Waals surface area contributed by atoms with Crippen LogP contribution in [0.3, 0.4) is 0 Å². The smallest absolute Gasteiger partial charge is 0.0201 e. The molecule has 1 nitrogen and oxygen atoms in total. The van der Waals surface area contributed by atoms with Crippen LogP contribution in [0.15, 0.2) is 0 Å². The maximum absolute atomic E-state index is 3.44. The first-order valence-corrected chi connectivity index (χ1v) is 6.22. The first-order chi connectivity index (χ1) is 5.88. The highest BCUT2D eigenvalue weighted by Gasteiger charge is 2.23. The molecule has 1 rings (SSSR count). The van der Waals surface area contributed by atoms with Gasteiger partial charge in [-0.05, 0) is 32.1 Å². The topological polar surface area (TPSA) is 12.0 Å². The lowest BCUT2D eigenvalue weighted by Crippen LogP contribution is -2.38. The summed E-state index contributed by atoms with van der Waals surface area (Å²) in [5.74, 6) is 1.34. The molecule has 0 aromatic rings. The first kappa shape index (κ1) is 10.4. The molecule has 0 aliphatic heterocycles. The van der Waals surface area contributed by atoms with Crippen molar-refractivity contribution in [3.63, 3.8) is 0 Å². The van der Waals surface area contributed by atoms with E-state index in [2.05, 4.69) is 31.1 Å². The summed E-state index contributed by atoms with van der Waals surface area (Å²) in [5.41, 5.74) is 0. The van der Waals surface area contributed by atoms with Gasteiger partial charge < -0.3 is 5.32 Å². The fourth-order valence-corrected chi connectivity index (χ4v) is 3.27. The van der Waals surface area contributed by atoms with Gasteiger partial charge in [-0.1, -0.05) is 19.8 Å². The largest absolute Gasteiger partial charge is 0.316 e. The van der Waals surface area contributed by atoms with Crippen LogP contribution in [-0.4, -0.2) is 24.1 Å². The fraction of sp³-hybridized carbons (Fsp3) is 1.00. The second-order valence-corrected chi connectivity index (χ2v) is 4.94. The standard InChI is InChI=1S/C10H21NS/c1-3-8-12-10-7-5-4-6-9(10)11-2/h9-11H,3-8H2,1-2H3. The molecule has 0 radical (unpaired) electrons. The van der Waals surface area contributed by atoms with Crippen molar-refractivity contribution in [2.24, 2.45) is 0 Å². The van der Waals surface area contributed by atoms with Gasteiger partial charge in [0.05, 0.1) is 0 Å². The summed E-state index contributed by atoms with van der Waals surface area (Å²) < 4.78 is 0. The summed E-state index contributed by atoms with van der Waals surface area (Å²) in [6.45, 7) is 2.27. The third-order valence-corrected chi connectivity index (χ3v) is 4.25. The first-order valence-electron chi connectivity index (χ1n) is 5.17. The molecule has 0 aromatic heterocycles. The van der Waals surface area contributed by atoms with Crippen molar-refractivity contribution in [2.75, 3.05) is 12.8 Å². The van der Waals surface area contributed by atoms with Crippen LogP contribution in [0.5, 0.6) is 0 Å². The molecule has 72 valence electrons. The average molecular weight is 187 g/mol. The molecule has 1 N–H and O–H groups in total. The molecule has 0 bridgehead atoms. The van der Waals surface area contributed by atoms with Crippen molar-refractivity contribution in [2.45, 2.75) is 50.3 Å². The van der Waals surface area contributed by atoms with E-state index in [0.717, 1.165) is 11.3 Å². The molecule has 0 spiro atoms. The van der Waals surface area contributed by atoms with E-state index in [4.69, 9.17) is 0 Å². The summed E-state index contributed by atoms with van der Waals surface area (Å²) in [7, 11) is 2.11. The van der Waals surface area contributed by atoms with E-state index in [1.165, 1.54) is 37.9 Å². The van der Waals surface area contributed by atoms with Crippen molar-refractivity contribution in [3.05, 3.63) is 0 Å². The lowest BCUT2D eigenvalue weighted by Gasteiger charge is -2.30. The molecule has 2 heteroatoms. The molecule has 1 fully saturated rings. The molecule has 0 aromatic carbocycles. The van der Waals surface area contributed by atoms with E-state index in [0.29, 0.717) is 0 Å². The minimum Gasteiger partial charge on any atom is -0.316 e. The third kappa shape index (κ3) is 2.98. The zero-order valence-corrected chi connectivity index (χ0v) is 9.12. The second kappa shape index (κ2) is 5.87. The van der Waals surface area contributed by atoms with Crippen LogP contribution in [0.1, 0.15) is 39.0 Å². The van der Waals surface area contributed by atoms with Gasteiger partial charge in [0.1, 0.15) is 0 Å². The molecular formula is C10H21NS. The highest BCUT2D eigenvalue weighted by molar-refractivity contribution is 7.99. The average Bonchev–Trinajstić information content (AvgIpc) is 2.15. The Hall–Kier alpha value is 0.310. The Bertz CT molecular complexity index is 116. The van der Waals surface area contributed by atoms with E-state index < -0.39 is 0 Å². The van der Waals surface area contributed by atoms with Gasteiger partial charge in [0.2, 0.25) is 0 Å². The van der Waals surface area contributed by atoms with E-state index in [1.54, 1.807) is 0 Å². The van der Waals surface area contributed by atoms with E-state index in [9.17, 15) is 0 Å². The predicted molar refractivity (Wildman–Crippen MR) is 57.9 cm³/mol. The number of hydrogen-bond acceptors (Lipinski definition) is 2. The van der Waals surface area contributed by atoms with Gasteiger partial charge in [0, 0.05) is 11.3 Å². The van der Waals surface area contributed by atoms with Gasteiger partial charge in [-0.3, -0.25) is 0 Å². The van der Waals surface area contributed by atoms with Gasteiger partial charge in [0.15, 0.2) is 0 Å². The van der Waals surface area contributed by atoms with Crippen LogP contribution < -0.4 is 5.32 Å². The summed E-state index contributed by atoms with van der Waals surface area (Å²) >= 11 is 2.17. The van der Waals surface area contributed by atoms with E-state index in [-0.39, 0.29) is 0 Å². The molecule has 1 saturated carbocycles. The highest BCUT2D eigenvalue weighted by atomic mass is 32.2. The highest BCUT2D eigenvalue weighted by Crippen LogP contribution is 2.28. The molecule has 0 heterocycles. The zero-order valence-electron chi connectivity index (χ0n) is 8.31. The Morgan fingerprint density at radius 2 is 2.08 bits per heavy atom. The van der Waals surface area contributed by atoms with Crippen LogP contribution in [0.2, 0.25) is 0 Å². The lowest BCUT2D eigenvalue weighted by atomic mass is 9.95. The minimum absolute atomic E-state index is 0.787. The van der Waals surface area contributed by atoms with Crippen molar-refractivity contribution in [1.82, 2.24) is 5.32 Å². The molecule has 0 amide bonds. The van der Waals surface area contributed by atoms with Crippen LogP contribution in [-0.2, 0) is 0 Å². The number of nitrogens with one attached hydrogen (secondary N) is 1. The summed E-state index contributed by atoms with van der Waals surface area (Å²) in [6, 6.07) is 0.787. The van der Waals surface area contributed by atoms with Crippen LogP contribution in [0, 0.1) is 0 Å². The molecule has 1 aliphatic carbocycles. The van der Waals surface area contributed by atoms with Crippen LogP contribution in [0.25, 0.3) is 0 Å². The van der Waals surface area contributed by atoms with E-state index in [1.807, 2.05) is 0 Å². The summed E-state index contributed by atoms with van der Waals surface area (Å²) in [6.07, 6.45) is 7.00. The van der Waals surface area contributed by atoms with Gasteiger partial charge in [-0.15, -0.1) is 0 Å². The molecule has 2 unspecified atom stereocenters. The molecular weight excluding hydrogens is 166 g/mol. The number of rotatable bonds is 4. The molecule has 0 saturated heterocycles. The van der Waals surface area contributed by atoms with Gasteiger partial charge in [-0.2, -0.15) is 11.8 Å². The Labute approximate surface area is 80.7 Å². The Morgan fingerprint density at radius 3 is 2.75 bits per heavy atom. The summed E-state index contributed by atoms with van der Waals surface area (Å²) in [5, 5.41) is 4.33. The maximum Gasteiger partial charge on any atom is 0.0201 e. The maximum atomic E-state index is 3.44. The van der Waals surface area contributed by atoms with Crippen LogP contribution >= 0.6 is 11.8 Å². The minimum atomic E-state index is 0.787. The van der Waals surface area contributed by atoms with Crippen molar-refractivity contribution >= 4 is 11.8 Å². The fourth-order valence-electron chi connectivity index (χ4n) is 1.90. The van der Waals surface area contributed by atoms with Crippen LogP contribution in [0.4, 0.5) is 0 Å². The monoisotopic (exact) mass is 187 g/mol. The van der Waals surface area contributed by atoms with Crippen molar-refractivity contribution in [1.29, 1.82) is 0 Å². The lowest BCUT2D eigenvalue weighted by molar-refractivity contribution is 0.405. The molecule has 2 atom stereocenters. The quantitative estimate of drug-likeness (QED) is 0.726. The SMILES string of the molecule is CCCSC1CCCCC1NC. The number of hydrogen-bond donors (Lipinski definition) is 1. The van der Waals surface area contributed by atoms with Gasteiger partial charge in [-0.25, -0.2) is 0 Å². The Kier molecular flexibility index (Phi) is 5.08. The van der Waals surface area contributed by atoms with Crippen molar-refractivity contribution in [3.8, 4) is 0 Å². The second-order valence-electron chi connectivity index (χ2n) is 3.59. The third-order valence-electron chi connectivity index (χ3n) is 2.61. The normalized spacial score (nSPS) is 30.5. The Balaban J connectivity index is 2.26. The van der Waals surface area contributed by atoms with Gasteiger partial charge in [0.25, 0.3) is 0 Å². The zero-order chi connectivity index (χ0) is 8.81. The predicted octanol–water partition coefficient (Wildman–Crippen LogP) is 2.66. The summed E-state index contributed by atoms with van der Waals surface area (Å²) in [4.78, 5) is 0. The van der Waals surface area contributed by atoms with E-state index >= 15 is 0 Å².